The highest BCUT2D eigenvalue weighted by atomic mass is 16.6. The average molecular weight is 510 g/mol. The van der Waals surface area contributed by atoms with Crippen LogP contribution in [0.3, 0.4) is 0 Å². The lowest BCUT2D eigenvalue weighted by Crippen LogP contribution is -2.40. The van der Waals surface area contributed by atoms with Gasteiger partial charge < -0.3 is 35.0 Å². The number of ether oxygens (including phenoxy) is 2. The quantitative estimate of drug-likeness (QED) is 0.171. The molecule has 12 heteroatoms. The summed E-state index contributed by atoms with van der Waals surface area (Å²) in [6.07, 6.45) is 4.26. The second-order valence-electron chi connectivity index (χ2n) is 7.48. The third-order valence-electron chi connectivity index (χ3n) is 4.55. The van der Waals surface area contributed by atoms with E-state index in [-0.39, 0.29) is 37.2 Å². The van der Waals surface area contributed by atoms with E-state index in [0.29, 0.717) is 31.4 Å². The molecule has 1 aliphatic rings. The molecule has 1 aromatic carbocycles. The molecule has 1 fully saturated rings. The van der Waals surface area contributed by atoms with Gasteiger partial charge in [0, 0.05) is 32.7 Å². The van der Waals surface area contributed by atoms with Crippen LogP contribution in [0.25, 0.3) is 0 Å². The first-order valence-electron chi connectivity index (χ1n) is 11.0. The Morgan fingerprint density at radius 3 is 2.22 bits per heavy atom. The van der Waals surface area contributed by atoms with Gasteiger partial charge in [0.1, 0.15) is 17.7 Å². The second-order valence-corrected chi connectivity index (χ2v) is 7.48. The minimum absolute atomic E-state index is 0.0919. The van der Waals surface area contributed by atoms with Crippen LogP contribution in [0.15, 0.2) is 47.6 Å². The van der Waals surface area contributed by atoms with Gasteiger partial charge in [-0.3, -0.25) is 19.2 Å². The van der Waals surface area contributed by atoms with E-state index in [1.807, 2.05) is 0 Å². The topological polar surface area (TPSA) is 175 Å². The molecule has 0 aromatic heterocycles. The number of aliphatic carboxylic acids is 1. The lowest BCUT2D eigenvalue weighted by molar-refractivity contribution is -0.140. The Hall–Kier alpha value is -3.61. The van der Waals surface area contributed by atoms with Gasteiger partial charge in [-0.1, -0.05) is 18.2 Å². The minimum Gasteiger partial charge on any atom is -0.481 e. The fraction of sp³-hybridized carbons (Fsp3) is 0.458. The standard InChI is InChI=1S/C18H23N3O5.C4H8O2.C2H4O2/c1-21(16-7-9-18(11-22,12-23)26-16)10-8-15(19-13-24)20-17(25)14-5-3-2-4-6-14;1-3-6-4(2)5;1-2(3)4/h2-6,8,10,13,16,22-23H,7,9,11-12H2,1H3,(H,19,20,24,25);3H2,1-2H3;1H3,(H,3,4)/b10-8-;;. The van der Waals surface area contributed by atoms with E-state index in [1.54, 1.807) is 55.4 Å². The molecule has 1 saturated heterocycles. The van der Waals surface area contributed by atoms with Gasteiger partial charge in [-0.25, -0.2) is 0 Å². The number of nitrogens with one attached hydrogen (secondary N) is 1. The highest BCUT2D eigenvalue weighted by molar-refractivity contribution is 6.11. The fourth-order valence-corrected chi connectivity index (χ4v) is 2.80. The van der Waals surface area contributed by atoms with Gasteiger partial charge in [-0.15, -0.1) is 0 Å². The summed E-state index contributed by atoms with van der Waals surface area (Å²) in [4.78, 5) is 47.1. The monoisotopic (exact) mass is 509 g/mol. The summed E-state index contributed by atoms with van der Waals surface area (Å²) in [5.74, 6) is -1.33. The van der Waals surface area contributed by atoms with E-state index in [0.717, 1.165) is 6.92 Å². The number of carbonyl (C=O) groups is 4. The Labute approximate surface area is 210 Å². The van der Waals surface area contributed by atoms with Gasteiger partial charge in [-0.2, -0.15) is 4.99 Å². The number of rotatable bonds is 8. The summed E-state index contributed by atoms with van der Waals surface area (Å²) in [5, 5.41) is 28.8. The van der Waals surface area contributed by atoms with Gasteiger partial charge in [-0.05, 0) is 38.0 Å². The largest absolute Gasteiger partial charge is 0.481 e. The molecular formula is C24H35N3O9. The van der Waals surface area contributed by atoms with Crippen molar-refractivity contribution in [1.29, 1.82) is 0 Å². The number of amidine groups is 1. The number of aliphatic imine (C=N–C) groups is 1. The normalized spacial score (nSPS) is 16.1. The zero-order chi connectivity index (χ0) is 27.6. The second kappa shape index (κ2) is 17.8. The summed E-state index contributed by atoms with van der Waals surface area (Å²) in [6.45, 7) is 4.21. The molecule has 200 valence electrons. The third kappa shape index (κ3) is 13.3. The highest BCUT2D eigenvalue weighted by Crippen LogP contribution is 2.31. The number of aliphatic hydroxyl groups is 2. The predicted molar refractivity (Wildman–Crippen MR) is 131 cm³/mol. The molecule has 1 aliphatic heterocycles. The van der Waals surface area contributed by atoms with E-state index >= 15 is 0 Å². The molecule has 1 atom stereocenters. The number of hydrogen-bond acceptors (Lipinski definition) is 9. The van der Waals surface area contributed by atoms with Crippen molar-refractivity contribution in [2.45, 2.75) is 45.4 Å². The fourth-order valence-electron chi connectivity index (χ4n) is 2.80. The molecule has 2 rings (SSSR count). The van der Waals surface area contributed by atoms with Crippen LogP contribution in [0.4, 0.5) is 0 Å². The van der Waals surface area contributed by atoms with Crippen LogP contribution in [0.2, 0.25) is 0 Å². The molecule has 1 unspecified atom stereocenters. The van der Waals surface area contributed by atoms with Gasteiger partial charge in [0.15, 0.2) is 0 Å². The smallest absolute Gasteiger partial charge is 0.302 e. The maximum atomic E-state index is 12.2. The first-order chi connectivity index (χ1) is 17.0. The summed E-state index contributed by atoms with van der Waals surface area (Å²) in [6, 6.07) is 8.58. The molecule has 2 amide bonds. The number of carboxylic acid groups (broad SMARTS) is 1. The molecule has 0 aliphatic carbocycles. The maximum absolute atomic E-state index is 12.2. The Morgan fingerprint density at radius 1 is 1.22 bits per heavy atom. The molecule has 0 radical (unpaired) electrons. The first kappa shape index (κ1) is 32.4. The van der Waals surface area contributed by atoms with Crippen LogP contribution in [0.5, 0.6) is 0 Å². The van der Waals surface area contributed by atoms with Gasteiger partial charge >= 0.3 is 5.97 Å². The number of benzene rings is 1. The average Bonchev–Trinajstić information content (AvgIpc) is 3.28. The lowest BCUT2D eigenvalue weighted by atomic mass is 10.0. The van der Waals surface area contributed by atoms with E-state index < -0.39 is 11.6 Å². The molecule has 0 spiro atoms. The Bertz CT molecular complexity index is 880. The first-order valence-corrected chi connectivity index (χ1v) is 11.0. The van der Waals surface area contributed by atoms with Gasteiger partial charge in [0.2, 0.25) is 6.41 Å². The van der Waals surface area contributed by atoms with Crippen molar-refractivity contribution in [2.75, 3.05) is 26.9 Å². The minimum atomic E-state index is -0.937. The number of esters is 1. The summed E-state index contributed by atoms with van der Waals surface area (Å²) in [7, 11) is 1.75. The highest BCUT2D eigenvalue weighted by Gasteiger charge is 2.40. The van der Waals surface area contributed by atoms with Crippen LogP contribution in [-0.4, -0.2) is 89.0 Å². The van der Waals surface area contributed by atoms with Crippen LogP contribution in [-0.2, 0) is 23.9 Å². The van der Waals surface area contributed by atoms with Crippen molar-refractivity contribution in [3.05, 3.63) is 48.2 Å². The summed E-state index contributed by atoms with van der Waals surface area (Å²) >= 11 is 0. The maximum Gasteiger partial charge on any atom is 0.302 e. The van der Waals surface area contributed by atoms with Crippen molar-refractivity contribution >= 4 is 30.1 Å². The molecule has 1 heterocycles. The van der Waals surface area contributed by atoms with E-state index in [4.69, 9.17) is 14.6 Å². The Kier molecular flexibility index (Phi) is 16.0. The molecule has 12 nitrogen and oxygen atoms in total. The third-order valence-corrected chi connectivity index (χ3v) is 4.55. The van der Waals surface area contributed by atoms with Crippen molar-refractivity contribution < 1.29 is 44.0 Å². The number of carboxylic acids is 1. The number of carbonyl (C=O) groups excluding carboxylic acids is 3. The van der Waals surface area contributed by atoms with E-state index in [2.05, 4.69) is 15.0 Å². The lowest BCUT2D eigenvalue weighted by Gasteiger charge is -2.28. The molecule has 4 N–H and O–H groups in total. The molecule has 36 heavy (non-hydrogen) atoms. The zero-order valence-electron chi connectivity index (χ0n) is 20.9. The Morgan fingerprint density at radius 2 is 1.81 bits per heavy atom. The van der Waals surface area contributed by atoms with Crippen molar-refractivity contribution in [3.63, 3.8) is 0 Å². The van der Waals surface area contributed by atoms with E-state index in [1.165, 1.54) is 13.0 Å². The molecule has 0 saturated carbocycles. The Balaban J connectivity index is 0.00000104. The van der Waals surface area contributed by atoms with Crippen LogP contribution in [0, 0.1) is 0 Å². The number of hydrogen-bond donors (Lipinski definition) is 4. The summed E-state index contributed by atoms with van der Waals surface area (Å²) < 4.78 is 10.1. The van der Waals surface area contributed by atoms with Crippen LogP contribution in [0.1, 0.15) is 44.0 Å². The summed E-state index contributed by atoms with van der Waals surface area (Å²) in [5.41, 5.74) is -0.490. The molecule has 0 bridgehead atoms. The predicted octanol–water partition coefficient (Wildman–Crippen LogP) is 0.937. The SMILES string of the molecule is CC(=O)O.CCOC(C)=O.CN(/C=C\C(=NC=O)NC(=O)c1ccccc1)C1CCC(CO)(CO)O1. The van der Waals surface area contributed by atoms with Crippen molar-refractivity contribution in [1.82, 2.24) is 10.2 Å². The van der Waals surface area contributed by atoms with E-state index in [9.17, 15) is 24.6 Å². The van der Waals surface area contributed by atoms with Crippen molar-refractivity contribution in [3.8, 4) is 0 Å². The van der Waals surface area contributed by atoms with Crippen LogP contribution >= 0.6 is 0 Å². The number of nitrogens with zero attached hydrogens (tertiary/aromatic N) is 2. The number of amides is 2. The van der Waals surface area contributed by atoms with Crippen LogP contribution < -0.4 is 5.32 Å². The van der Waals surface area contributed by atoms with Gasteiger partial charge in [0.05, 0.1) is 19.8 Å². The zero-order valence-corrected chi connectivity index (χ0v) is 20.9. The van der Waals surface area contributed by atoms with Gasteiger partial charge in [0.25, 0.3) is 11.9 Å². The molecule has 1 aromatic rings. The van der Waals surface area contributed by atoms with Crippen molar-refractivity contribution in [2.24, 2.45) is 4.99 Å². The number of aliphatic hydroxyl groups excluding tert-OH is 2. The molecular weight excluding hydrogens is 474 g/mol.